The van der Waals surface area contributed by atoms with E-state index in [1.165, 1.54) is 57.8 Å². The molecule has 1 radical (unpaired) electrons. The second-order valence-electron chi connectivity index (χ2n) is 8.81. The Labute approximate surface area is 218 Å². The van der Waals surface area contributed by atoms with Crippen molar-refractivity contribution in [1.29, 1.82) is 0 Å². The van der Waals surface area contributed by atoms with Gasteiger partial charge in [0.1, 0.15) is 0 Å². The molecule has 0 saturated carbocycles. The summed E-state index contributed by atoms with van der Waals surface area (Å²) in [4.78, 5) is 34.5. The highest BCUT2D eigenvalue weighted by Gasteiger charge is 2.19. The maximum atomic E-state index is 12.3. The van der Waals surface area contributed by atoms with E-state index in [0.717, 1.165) is 24.2 Å². The van der Waals surface area contributed by atoms with Crippen molar-refractivity contribution in [2.75, 3.05) is 59.4 Å². The molecule has 9 nitrogen and oxygen atoms in total. The SMILES string of the molecule is CCCCCCCCCCCCCCC(=O)N(CCOCCOCCOCCOCC[C]=O)C(=O)O. The van der Waals surface area contributed by atoms with Crippen LogP contribution in [-0.2, 0) is 28.5 Å². The predicted molar refractivity (Wildman–Crippen MR) is 139 cm³/mol. The number of hydrogen-bond acceptors (Lipinski definition) is 7. The summed E-state index contributed by atoms with van der Waals surface area (Å²) in [6.07, 6.45) is 15.5. The molecule has 0 fully saturated rings. The molecule has 0 aliphatic carbocycles. The zero-order valence-electron chi connectivity index (χ0n) is 22.5. The molecular formula is C27H50NO8. The molecule has 0 atom stereocenters. The van der Waals surface area contributed by atoms with Crippen LogP contribution in [-0.4, -0.2) is 87.7 Å². The van der Waals surface area contributed by atoms with Gasteiger partial charge in [-0.1, -0.05) is 77.6 Å². The monoisotopic (exact) mass is 516 g/mol. The number of ether oxygens (including phenoxy) is 4. The average Bonchev–Trinajstić information content (AvgIpc) is 2.86. The molecule has 0 aliphatic rings. The molecular weight excluding hydrogens is 466 g/mol. The smallest absolute Gasteiger partial charge is 0.414 e. The highest BCUT2D eigenvalue weighted by molar-refractivity contribution is 5.91. The van der Waals surface area contributed by atoms with Crippen LogP contribution in [0.4, 0.5) is 4.79 Å². The molecule has 0 aromatic carbocycles. The molecule has 2 amide bonds. The van der Waals surface area contributed by atoms with Crippen LogP contribution >= 0.6 is 0 Å². The number of rotatable bonds is 28. The molecule has 0 rings (SSSR count). The van der Waals surface area contributed by atoms with Crippen LogP contribution in [0.15, 0.2) is 0 Å². The van der Waals surface area contributed by atoms with Crippen LogP contribution in [0.1, 0.15) is 96.8 Å². The fraction of sp³-hybridized carbons (Fsp3) is 0.889. The van der Waals surface area contributed by atoms with Gasteiger partial charge >= 0.3 is 6.09 Å². The molecule has 211 valence electrons. The first-order chi connectivity index (χ1) is 17.6. The van der Waals surface area contributed by atoms with Gasteiger partial charge in [0.15, 0.2) is 0 Å². The molecule has 1 N–H and O–H groups in total. The van der Waals surface area contributed by atoms with E-state index < -0.39 is 6.09 Å². The lowest BCUT2D eigenvalue weighted by Gasteiger charge is -2.17. The van der Waals surface area contributed by atoms with E-state index in [0.29, 0.717) is 46.2 Å². The molecule has 0 saturated heterocycles. The quantitative estimate of drug-likeness (QED) is 0.142. The van der Waals surface area contributed by atoms with E-state index in [1.54, 1.807) is 6.29 Å². The van der Waals surface area contributed by atoms with E-state index in [-0.39, 0.29) is 31.9 Å². The third-order valence-electron chi connectivity index (χ3n) is 5.70. The Morgan fingerprint density at radius 1 is 0.639 bits per heavy atom. The van der Waals surface area contributed by atoms with Crippen LogP contribution < -0.4 is 0 Å². The fourth-order valence-electron chi connectivity index (χ4n) is 3.61. The van der Waals surface area contributed by atoms with Crippen LogP contribution in [0.2, 0.25) is 0 Å². The van der Waals surface area contributed by atoms with Crippen molar-refractivity contribution in [2.45, 2.75) is 96.8 Å². The number of nitrogens with zero attached hydrogens (tertiary/aromatic N) is 1. The lowest BCUT2D eigenvalue weighted by Crippen LogP contribution is -2.38. The van der Waals surface area contributed by atoms with Crippen LogP contribution in [0, 0.1) is 0 Å². The van der Waals surface area contributed by atoms with E-state index in [9.17, 15) is 19.5 Å². The Kier molecular flexibility index (Phi) is 26.8. The summed E-state index contributed by atoms with van der Waals surface area (Å²) < 4.78 is 21.2. The largest absolute Gasteiger partial charge is 0.465 e. The van der Waals surface area contributed by atoms with Gasteiger partial charge in [-0.25, -0.2) is 9.69 Å². The molecule has 36 heavy (non-hydrogen) atoms. The number of carbonyl (C=O) groups is 2. The van der Waals surface area contributed by atoms with Crippen molar-refractivity contribution in [3.05, 3.63) is 0 Å². The number of amides is 2. The van der Waals surface area contributed by atoms with Gasteiger partial charge in [0, 0.05) is 12.8 Å². The standard InChI is InChI=1S/C27H50NO8/c1-2-3-4-5-6-7-8-9-10-11-12-13-15-26(30)28(27(31)32)16-19-34-21-23-36-25-24-35-22-20-33-18-14-17-29/h2-16,18-25H2,1H3,(H,31,32). The van der Waals surface area contributed by atoms with Gasteiger partial charge in [0.2, 0.25) is 12.2 Å². The number of hydrogen-bond donors (Lipinski definition) is 1. The van der Waals surface area contributed by atoms with Gasteiger partial charge in [-0.15, -0.1) is 0 Å². The first-order valence-electron chi connectivity index (χ1n) is 13.8. The van der Waals surface area contributed by atoms with Crippen molar-refractivity contribution >= 4 is 18.3 Å². The minimum absolute atomic E-state index is 0.0252. The topological polar surface area (TPSA) is 112 Å². The van der Waals surface area contributed by atoms with Crippen molar-refractivity contribution in [3.63, 3.8) is 0 Å². The molecule has 0 spiro atoms. The molecule has 0 bridgehead atoms. The highest BCUT2D eigenvalue weighted by atomic mass is 16.6. The Balaban J connectivity index is 3.57. The molecule has 0 aromatic heterocycles. The van der Waals surface area contributed by atoms with Gasteiger partial charge in [-0.3, -0.25) is 9.59 Å². The van der Waals surface area contributed by atoms with E-state index in [4.69, 9.17) is 18.9 Å². The van der Waals surface area contributed by atoms with Crippen molar-refractivity contribution < 1.29 is 38.4 Å². The fourth-order valence-corrected chi connectivity index (χ4v) is 3.61. The predicted octanol–water partition coefficient (Wildman–Crippen LogP) is 5.15. The summed E-state index contributed by atoms with van der Waals surface area (Å²) in [7, 11) is 0. The molecule has 9 heteroatoms. The third kappa shape index (κ3) is 24.2. The highest BCUT2D eigenvalue weighted by Crippen LogP contribution is 2.13. The normalized spacial score (nSPS) is 11.0. The zero-order chi connectivity index (χ0) is 26.5. The minimum atomic E-state index is -1.23. The second-order valence-corrected chi connectivity index (χ2v) is 8.81. The Hall–Kier alpha value is -1.55. The van der Waals surface area contributed by atoms with E-state index >= 15 is 0 Å². The average molecular weight is 517 g/mol. The summed E-state index contributed by atoms with van der Waals surface area (Å²) >= 11 is 0. The van der Waals surface area contributed by atoms with Crippen molar-refractivity contribution in [1.82, 2.24) is 4.90 Å². The first kappa shape index (κ1) is 34.5. The van der Waals surface area contributed by atoms with Gasteiger partial charge in [-0.05, 0) is 6.42 Å². The summed E-state index contributed by atoms with van der Waals surface area (Å²) in [6, 6.07) is 0. The Morgan fingerprint density at radius 2 is 1.06 bits per heavy atom. The number of carbonyl (C=O) groups excluding carboxylic acids is 2. The van der Waals surface area contributed by atoms with E-state index in [2.05, 4.69) is 6.92 Å². The summed E-state index contributed by atoms with van der Waals surface area (Å²) in [5.41, 5.74) is 0. The minimum Gasteiger partial charge on any atom is -0.465 e. The number of unbranched alkanes of at least 4 members (excludes halogenated alkanes) is 11. The second kappa shape index (κ2) is 28.0. The van der Waals surface area contributed by atoms with Crippen LogP contribution in [0.3, 0.4) is 0 Å². The lowest BCUT2D eigenvalue weighted by atomic mass is 10.0. The maximum Gasteiger partial charge on any atom is 0.414 e. The Bertz CT molecular complexity index is 518. The molecule has 0 unspecified atom stereocenters. The lowest BCUT2D eigenvalue weighted by molar-refractivity contribution is -0.130. The van der Waals surface area contributed by atoms with E-state index in [1.807, 2.05) is 0 Å². The first-order valence-corrected chi connectivity index (χ1v) is 13.8. The zero-order valence-corrected chi connectivity index (χ0v) is 22.5. The molecule has 0 aromatic rings. The number of carboxylic acid groups (broad SMARTS) is 1. The van der Waals surface area contributed by atoms with Crippen molar-refractivity contribution in [3.8, 4) is 0 Å². The van der Waals surface area contributed by atoms with Gasteiger partial charge < -0.3 is 24.1 Å². The summed E-state index contributed by atoms with van der Waals surface area (Å²) in [5, 5.41) is 9.32. The van der Waals surface area contributed by atoms with Crippen LogP contribution in [0.5, 0.6) is 0 Å². The summed E-state index contributed by atoms with van der Waals surface area (Å²) in [5.74, 6) is -0.361. The molecule has 0 heterocycles. The van der Waals surface area contributed by atoms with Crippen LogP contribution in [0.25, 0.3) is 0 Å². The Morgan fingerprint density at radius 3 is 1.50 bits per heavy atom. The van der Waals surface area contributed by atoms with Gasteiger partial charge in [0.25, 0.3) is 0 Å². The van der Waals surface area contributed by atoms with Gasteiger partial charge in [0.05, 0.1) is 59.4 Å². The summed E-state index contributed by atoms with van der Waals surface area (Å²) in [6.45, 7) is 5.10. The van der Waals surface area contributed by atoms with Gasteiger partial charge in [-0.2, -0.15) is 0 Å². The van der Waals surface area contributed by atoms with Crippen molar-refractivity contribution in [2.24, 2.45) is 0 Å². The molecule has 0 aliphatic heterocycles. The maximum absolute atomic E-state index is 12.3. The third-order valence-corrected chi connectivity index (χ3v) is 5.70. The number of imide groups is 1.